The van der Waals surface area contributed by atoms with Crippen molar-refractivity contribution < 1.29 is 18.7 Å². The molecule has 1 aliphatic heterocycles. The van der Waals surface area contributed by atoms with Crippen LogP contribution in [0.25, 0.3) is 0 Å². The standard InChI is InChI=1S/C13H15FO3/c1-13(2,3)17-12(15)11-10(16-11)8-4-6-9(14)7-5-8/h4-7,10-11H,1-3H3/t10-,11+/m0/s1. The van der Waals surface area contributed by atoms with Crippen LogP contribution in [-0.2, 0) is 14.3 Å². The maximum Gasteiger partial charge on any atom is 0.338 e. The van der Waals surface area contributed by atoms with E-state index in [2.05, 4.69) is 0 Å². The van der Waals surface area contributed by atoms with E-state index in [0.717, 1.165) is 5.56 Å². The fourth-order valence-electron chi connectivity index (χ4n) is 1.56. The molecule has 4 heteroatoms. The van der Waals surface area contributed by atoms with Gasteiger partial charge in [0.25, 0.3) is 0 Å². The van der Waals surface area contributed by atoms with Gasteiger partial charge in [-0.2, -0.15) is 0 Å². The molecule has 2 rings (SSSR count). The van der Waals surface area contributed by atoms with Gasteiger partial charge in [-0.15, -0.1) is 0 Å². The van der Waals surface area contributed by atoms with Gasteiger partial charge in [0.2, 0.25) is 0 Å². The van der Waals surface area contributed by atoms with Gasteiger partial charge in [-0.1, -0.05) is 12.1 Å². The van der Waals surface area contributed by atoms with Crippen LogP contribution in [0.5, 0.6) is 0 Å². The van der Waals surface area contributed by atoms with Gasteiger partial charge in [-0.3, -0.25) is 0 Å². The van der Waals surface area contributed by atoms with Gasteiger partial charge >= 0.3 is 5.97 Å². The zero-order valence-electron chi connectivity index (χ0n) is 10.1. The second-order valence-corrected chi connectivity index (χ2v) is 5.06. The molecule has 1 saturated heterocycles. The van der Waals surface area contributed by atoms with Crippen molar-refractivity contribution in [1.29, 1.82) is 0 Å². The summed E-state index contributed by atoms with van der Waals surface area (Å²) in [4.78, 5) is 11.7. The van der Waals surface area contributed by atoms with Crippen LogP contribution in [0.1, 0.15) is 32.4 Å². The Kier molecular flexibility index (Phi) is 2.91. The largest absolute Gasteiger partial charge is 0.458 e. The summed E-state index contributed by atoms with van der Waals surface area (Å²) in [7, 11) is 0. The third-order valence-electron chi connectivity index (χ3n) is 2.33. The highest BCUT2D eigenvalue weighted by Gasteiger charge is 2.48. The highest BCUT2D eigenvalue weighted by atomic mass is 19.1. The first-order valence-corrected chi connectivity index (χ1v) is 5.50. The van der Waals surface area contributed by atoms with E-state index < -0.39 is 11.7 Å². The zero-order valence-corrected chi connectivity index (χ0v) is 10.1. The summed E-state index contributed by atoms with van der Waals surface area (Å²) in [6.45, 7) is 5.42. The lowest BCUT2D eigenvalue weighted by Crippen LogP contribution is -2.26. The van der Waals surface area contributed by atoms with Crippen molar-refractivity contribution in [3.8, 4) is 0 Å². The lowest BCUT2D eigenvalue weighted by Gasteiger charge is -2.18. The number of carbonyl (C=O) groups is 1. The first-order chi connectivity index (χ1) is 7.87. The lowest BCUT2D eigenvalue weighted by molar-refractivity contribution is -0.156. The fourth-order valence-corrected chi connectivity index (χ4v) is 1.56. The Bertz CT molecular complexity index is 419. The van der Waals surface area contributed by atoms with Gasteiger partial charge in [0.1, 0.15) is 17.5 Å². The summed E-state index contributed by atoms with van der Waals surface area (Å²) in [6.07, 6.45) is -0.856. The summed E-state index contributed by atoms with van der Waals surface area (Å²) in [5, 5.41) is 0. The van der Waals surface area contributed by atoms with Crippen molar-refractivity contribution in [3.63, 3.8) is 0 Å². The van der Waals surface area contributed by atoms with E-state index in [0.29, 0.717) is 0 Å². The molecule has 0 amide bonds. The number of epoxide rings is 1. The molecular weight excluding hydrogens is 223 g/mol. The number of esters is 1. The third-order valence-corrected chi connectivity index (χ3v) is 2.33. The Balaban J connectivity index is 1.96. The minimum absolute atomic E-state index is 0.301. The Morgan fingerprint density at radius 1 is 1.29 bits per heavy atom. The van der Waals surface area contributed by atoms with Crippen LogP contribution in [0.4, 0.5) is 4.39 Å². The van der Waals surface area contributed by atoms with Crippen LogP contribution >= 0.6 is 0 Å². The summed E-state index contributed by atoms with van der Waals surface area (Å²) in [6, 6.07) is 5.93. The average molecular weight is 238 g/mol. The summed E-state index contributed by atoms with van der Waals surface area (Å²) >= 11 is 0. The van der Waals surface area contributed by atoms with Crippen LogP contribution in [0.2, 0.25) is 0 Å². The minimum atomic E-state index is -0.556. The number of benzene rings is 1. The zero-order chi connectivity index (χ0) is 12.6. The molecule has 17 heavy (non-hydrogen) atoms. The SMILES string of the molecule is CC(C)(C)OC(=O)[C@@H]1O[C@H]1c1ccc(F)cc1. The molecule has 1 aromatic rings. The summed E-state index contributed by atoms with van der Waals surface area (Å²) in [5.74, 6) is -0.671. The molecule has 0 saturated carbocycles. The van der Waals surface area contributed by atoms with E-state index in [1.54, 1.807) is 32.9 Å². The van der Waals surface area contributed by atoms with E-state index in [1.165, 1.54) is 12.1 Å². The molecule has 0 aliphatic carbocycles. The number of carbonyl (C=O) groups excluding carboxylic acids is 1. The first kappa shape index (κ1) is 12.0. The van der Waals surface area contributed by atoms with E-state index in [9.17, 15) is 9.18 Å². The molecule has 0 aromatic heterocycles. The molecule has 2 atom stereocenters. The Morgan fingerprint density at radius 2 is 1.88 bits per heavy atom. The van der Waals surface area contributed by atoms with Crippen molar-refractivity contribution in [2.45, 2.75) is 38.6 Å². The third kappa shape index (κ3) is 3.03. The van der Waals surface area contributed by atoms with Crippen LogP contribution in [0, 0.1) is 5.82 Å². The average Bonchev–Trinajstić information content (AvgIpc) is 2.96. The molecule has 92 valence electrons. The van der Waals surface area contributed by atoms with E-state index >= 15 is 0 Å². The van der Waals surface area contributed by atoms with Crippen LogP contribution in [0.3, 0.4) is 0 Å². The van der Waals surface area contributed by atoms with Gasteiger partial charge < -0.3 is 9.47 Å². The second-order valence-electron chi connectivity index (χ2n) is 5.06. The predicted octanol–water partition coefficient (Wildman–Crippen LogP) is 2.61. The number of hydrogen-bond acceptors (Lipinski definition) is 3. The Hall–Kier alpha value is -1.42. The fraction of sp³-hybridized carbons (Fsp3) is 0.462. The Labute approximate surface area is 99.5 Å². The molecule has 1 heterocycles. The van der Waals surface area contributed by atoms with Gasteiger partial charge in [0.05, 0.1) is 0 Å². The normalized spacial score (nSPS) is 23.3. The maximum atomic E-state index is 12.7. The highest BCUT2D eigenvalue weighted by Crippen LogP contribution is 2.39. The smallest absolute Gasteiger partial charge is 0.338 e. The molecule has 0 N–H and O–H groups in total. The number of halogens is 1. The molecule has 3 nitrogen and oxygen atoms in total. The molecule has 0 radical (unpaired) electrons. The molecule has 1 aliphatic rings. The minimum Gasteiger partial charge on any atom is -0.458 e. The van der Waals surface area contributed by atoms with Crippen LogP contribution in [-0.4, -0.2) is 17.7 Å². The predicted molar refractivity (Wildman–Crippen MR) is 59.9 cm³/mol. The van der Waals surface area contributed by atoms with Crippen molar-refractivity contribution in [1.82, 2.24) is 0 Å². The van der Waals surface area contributed by atoms with Crippen molar-refractivity contribution in [3.05, 3.63) is 35.6 Å². The van der Waals surface area contributed by atoms with Crippen molar-refractivity contribution in [2.75, 3.05) is 0 Å². The number of rotatable bonds is 2. The molecular formula is C13H15FO3. The summed E-state index contributed by atoms with van der Waals surface area (Å²) < 4.78 is 23.2. The van der Waals surface area contributed by atoms with E-state index in [4.69, 9.17) is 9.47 Å². The first-order valence-electron chi connectivity index (χ1n) is 5.50. The van der Waals surface area contributed by atoms with Crippen LogP contribution < -0.4 is 0 Å². The topological polar surface area (TPSA) is 38.8 Å². The van der Waals surface area contributed by atoms with Crippen LogP contribution in [0.15, 0.2) is 24.3 Å². The van der Waals surface area contributed by atoms with E-state index in [1.807, 2.05) is 0 Å². The molecule has 0 unspecified atom stereocenters. The van der Waals surface area contributed by atoms with Crippen molar-refractivity contribution in [2.24, 2.45) is 0 Å². The number of ether oxygens (including phenoxy) is 2. The number of hydrogen-bond donors (Lipinski definition) is 0. The van der Waals surface area contributed by atoms with Gasteiger partial charge in [-0.05, 0) is 38.5 Å². The maximum absolute atomic E-state index is 12.7. The van der Waals surface area contributed by atoms with Gasteiger partial charge in [0, 0.05) is 0 Å². The van der Waals surface area contributed by atoms with E-state index in [-0.39, 0.29) is 17.9 Å². The molecule has 0 bridgehead atoms. The quantitative estimate of drug-likeness (QED) is 0.587. The highest BCUT2D eigenvalue weighted by molar-refractivity contribution is 5.78. The summed E-state index contributed by atoms with van der Waals surface area (Å²) in [5.41, 5.74) is 0.276. The van der Waals surface area contributed by atoms with Gasteiger partial charge in [0.15, 0.2) is 6.10 Å². The van der Waals surface area contributed by atoms with Gasteiger partial charge in [-0.25, -0.2) is 9.18 Å². The lowest BCUT2D eigenvalue weighted by atomic mass is 10.1. The molecule has 1 fully saturated rings. The molecule has 0 spiro atoms. The van der Waals surface area contributed by atoms with Crippen molar-refractivity contribution >= 4 is 5.97 Å². The Morgan fingerprint density at radius 3 is 2.41 bits per heavy atom. The molecule has 1 aromatic carbocycles. The monoisotopic (exact) mass is 238 g/mol. The second kappa shape index (κ2) is 4.11.